The van der Waals surface area contributed by atoms with Crippen LogP contribution in [0.5, 0.6) is 11.6 Å². The standard InChI is InChI=1S/C21H21N3O5S/c1-5-30(26,27)29-21-20-16(8-9-23-21)24-12(2)18(13(3)25)19(20)15-7-6-14(11-22)10-17(15)28-4/h6-10,19,24H,5H2,1-4H3. The zero-order valence-electron chi connectivity index (χ0n) is 17.0. The van der Waals surface area contributed by atoms with E-state index < -0.39 is 16.0 Å². The summed E-state index contributed by atoms with van der Waals surface area (Å²) in [7, 11) is -2.39. The lowest BCUT2D eigenvalue weighted by atomic mass is 9.79. The maximum Gasteiger partial charge on any atom is 0.310 e. The van der Waals surface area contributed by atoms with Crippen LogP contribution in [0.3, 0.4) is 0 Å². The van der Waals surface area contributed by atoms with Crippen LogP contribution < -0.4 is 14.2 Å². The van der Waals surface area contributed by atoms with Crippen molar-refractivity contribution in [2.24, 2.45) is 0 Å². The minimum Gasteiger partial charge on any atom is -0.496 e. The number of hydrogen-bond acceptors (Lipinski definition) is 8. The van der Waals surface area contributed by atoms with E-state index in [4.69, 9.17) is 8.92 Å². The van der Waals surface area contributed by atoms with Gasteiger partial charge in [0.15, 0.2) is 5.78 Å². The van der Waals surface area contributed by atoms with Crippen LogP contribution in [-0.2, 0) is 14.9 Å². The highest BCUT2D eigenvalue weighted by Gasteiger charge is 2.36. The van der Waals surface area contributed by atoms with Crippen LogP contribution in [0.25, 0.3) is 0 Å². The van der Waals surface area contributed by atoms with Gasteiger partial charge in [-0.2, -0.15) is 13.7 Å². The highest BCUT2D eigenvalue weighted by Crippen LogP contribution is 2.48. The molecule has 1 aromatic carbocycles. The molecule has 0 aliphatic carbocycles. The molecule has 0 spiro atoms. The van der Waals surface area contributed by atoms with E-state index in [0.29, 0.717) is 39.4 Å². The molecule has 0 radical (unpaired) electrons. The number of Topliss-reactive ketones (excluding diaryl/α,β-unsaturated/α-hetero) is 1. The zero-order valence-corrected chi connectivity index (χ0v) is 17.8. The average molecular weight is 427 g/mol. The van der Waals surface area contributed by atoms with Gasteiger partial charge in [0.25, 0.3) is 0 Å². The number of benzene rings is 1. The Morgan fingerprint density at radius 2 is 2.07 bits per heavy atom. The van der Waals surface area contributed by atoms with E-state index in [-0.39, 0.29) is 17.4 Å². The molecule has 1 N–H and O–H groups in total. The van der Waals surface area contributed by atoms with Crippen LogP contribution in [0.15, 0.2) is 41.7 Å². The number of rotatable bonds is 6. The van der Waals surface area contributed by atoms with Crippen molar-refractivity contribution in [3.05, 3.63) is 58.4 Å². The average Bonchev–Trinajstić information content (AvgIpc) is 2.71. The lowest BCUT2D eigenvalue weighted by molar-refractivity contribution is -0.113. The molecule has 0 saturated heterocycles. The summed E-state index contributed by atoms with van der Waals surface area (Å²) in [4.78, 5) is 16.7. The first kappa shape index (κ1) is 21.3. The molecule has 0 bridgehead atoms. The van der Waals surface area contributed by atoms with E-state index in [1.54, 1.807) is 31.2 Å². The molecule has 1 aliphatic heterocycles. The second-order valence-electron chi connectivity index (χ2n) is 6.73. The number of ketones is 1. The van der Waals surface area contributed by atoms with Crippen molar-refractivity contribution < 1.29 is 22.1 Å². The van der Waals surface area contributed by atoms with Crippen LogP contribution in [0, 0.1) is 11.3 Å². The molecule has 1 unspecified atom stereocenters. The summed E-state index contributed by atoms with van der Waals surface area (Å²) < 4.78 is 35.1. The Morgan fingerprint density at radius 3 is 2.67 bits per heavy atom. The smallest absolute Gasteiger partial charge is 0.310 e. The Balaban J connectivity index is 2.34. The Hall–Kier alpha value is -3.38. The molecule has 3 rings (SSSR count). The lowest BCUT2D eigenvalue weighted by Crippen LogP contribution is -2.24. The SMILES string of the molecule is CCS(=O)(=O)Oc1nccc2c1C(c1ccc(C#N)cc1OC)C(C(C)=O)=C(C)N2. The Bertz CT molecular complexity index is 1200. The van der Waals surface area contributed by atoms with Crippen molar-refractivity contribution in [3.63, 3.8) is 0 Å². The number of carbonyl (C=O) groups excluding carboxylic acids is 1. The molecule has 9 heteroatoms. The van der Waals surface area contributed by atoms with Crippen LogP contribution >= 0.6 is 0 Å². The number of nitrogens with one attached hydrogen (secondary N) is 1. The van der Waals surface area contributed by atoms with E-state index >= 15 is 0 Å². The largest absolute Gasteiger partial charge is 0.496 e. The third-order valence-electron chi connectivity index (χ3n) is 4.87. The molecule has 30 heavy (non-hydrogen) atoms. The molecule has 0 fully saturated rings. The second kappa shape index (κ2) is 8.16. The number of carbonyl (C=O) groups is 1. The van der Waals surface area contributed by atoms with Gasteiger partial charge in [-0.15, -0.1) is 0 Å². The molecule has 156 valence electrons. The summed E-state index contributed by atoms with van der Waals surface area (Å²) in [5, 5.41) is 12.4. The van der Waals surface area contributed by atoms with E-state index in [9.17, 15) is 18.5 Å². The molecular formula is C21H21N3O5S. The number of allylic oxidation sites excluding steroid dienone is 2. The molecule has 2 heterocycles. The molecule has 0 saturated carbocycles. The van der Waals surface area contributed by atoms with Crippen LogP contribution in [0.2, 0.25) is 0 Å². The number of aromatic nitrogens is 1. The highest BCUT2D eigenvalue weighted by atomic mass is 32.2. The number of fused-ring (bicyclic) bond motifs is 1. The van der Waals surface area contributed by atoms with Gasteiger partial charge in [0.2, 0.25) is 5.88 Å². The number of nitrogens with zero attached hydrogens (tertiary/aromatic N) is 2. The van der Waals surface area contributed by atoms with Crippen molar-refractivity contribution in [1.82, 2.24) is 4.98 Å². The van der Waals surface area contributed by atoms with Crippen molar-refractivity contribution in [3.8, 4) is 17.7 Å². The quantitative estimate of drug-likeness (QED) is 0.699. The first-order valence-corrected chi connectivity index (χ1v) is 10.8. The Kier molecular flexibility index (Phi) is 5.80. The Morgan fingerprint density at radius 1 is 1.33 bits per heavy atom. The normalized spacial score (nSPS) is 15.6. The van der Waals surface area contributed by atoms with Gasteiger partial charge < -0.3 is 14.2 Å². The second-order valence-corrected chi connectivity index (χ2v) is 8.59. The third-order valence-corrected chi connectivity index (χ3v) is 5.99. The molecular weight excluding hydrogens is 406 g/mol. The maximum absolute atomic E-state index is 12.6. The fraction of sp³-hybridized carbons (Fsp3) is 0.286. The van der Waals surface area contributed by atoms with Crippen LogP contribution in [0.1, 0.15) is 43.4 Å². The van der Waals surface area contributed by atoms with E-state index in [1.807, 2.05) is 0 Å². The minimum absolute atomic E-state index is 0.107. The van der Waals surface area contributed by atoms with E-state index in [2.05, 4.69) is 16.4 Å². The molecule has 8 nitrogen and oxygen atoms in total. The number of hydrogen-bond donors (Lipinski definition) is 1. The monoisotopic (exact) mass is 427 g/mol. The van der Waals surface area contributed by atoms with Gasteiger partial charge in [-0.25, -0.2) is 4.98 Å². The number of anilines is 1. The van der Waals surface area contributed by atoms with Gasteiger partial charge >= 0.3 is 10.1 Å². The highest BCUT2D eigenvalue weighted by molar-refractivity contribution is 7.87. The summed E-state index contributed by atoms with van der Waals surface area (Å²) >= 11 is 0. The summed E-state index contributed by atoms with van der Waals surface area (Å²) in [5.41, 5.74) is 3.03. The van der Waals surface area contributed by atoms with Crippen molar-refractivity contribution in [2.45, 2.75) is 26.7 Å². The maximum atomic E-state index is 12.6. The van der Waals surface area contributed by atoms with E-state index in [0.717, 1.165) is 0 Å². The fourth-order valence-corrected chi connectivity index (χ4v) is 4.01. The van der Waals surface area contributed by atoms with Crippen LogP contribution in [0.4, 0.5) is 5.69 Å². The summed E-state index contributed by atoms with van der Waals surface area (Å²) in [6.07, 6.45) is 1.44. The first-order chi connectivity index (χ1) is 14.2. The van der Waals surface area contributed by atoms with Gasteiger partial charge in [0.1, 0.15) is 5.75 Å². The summed E-state index contributed by atoms with van der Waals surface area (Å²) in [5.74, 6) is -0.839. The first-order valence-electron chi connectivity index (χ1n) is 9.20. The molecule has 0 amide bonds. The fourth-order valence-electron chi connectivity index (χ4n) is 3.52. The van der Waals surface area contributed by atoms with Crippen molar-refractivity contribution in [1.29, 1.82) is 5.26 Å². The summed E-state index contributed by atoms with van der Waals surface area (Å²) in [6.45, 7) is 4.68. The third kappa shape index (κ3) is 3.86. The lowest BCUT2D eigenvalue weighted by Gasteiger charge is -2.31. The van der Waals surface area contributed by atoms with Gasteiger partial charge in [-0.3, -0.25) is 4.79 Å². The molecule has 2 aromatic rings. The topological polar surface area (TPSA) is 118 Å². The van der Waals surface area contributed by atoms with E-state index in [1.165, 1.54) is 27.2 Å². The summed E-state index contributed by atoms with van der Waals surface area (Å²) in [6, 6.07) is 8.62. The number of ether oxygens (including phenoxy) is 1. The molecule has 1 aliphatic rings. The van der Waals surface area contributed by atoms with Gasteiger partial charge in [-0.05, 0) is 39.0 Å². The van der Waals surface area contributed by atoms with Gasteiger partial charge in [0, 0.05) is 28.7 Å². The predicted molar refractivity (Wildman–Crippen MR) is 111 cm³/mol. The van der Waals surface area contributed by atoms with Gasteiger partial charge in [-0.1, -0.05) is 6.07 Å². The number of pyridine rings is 1. The predicted octanol–water partition coefficient (Wildman–Crippen LogP) is 3.11. The van der Waals surface area contributed by atoms with Crippen molar-refractivity contribution >= 4 is 21.6 Å². The molecule has 1 aromatic heterocycles. The number of nitriles is 1. The minimum atomic E-state index is -3.85. The number of methoxy groups -OCH3 is 1. The molecule has 1 atom stereocenters. The van der Waals surface area contributed by atoms with Crippen LogP contribution in [-0.4, -0.2) is 32.0 Å². The Labute approximate surface area is 175 Å². The van der Waals surface area contributed by atoms with Gasteiger partial charge in [0.05, 0.1) is 36.0 Å². The van der Waals surface area contributed by atoms with Crippen molar-refractivity contribution in [2.75, 3.05) is 18.2 Å². The zero-order chi connectivity index (χ0) is 22.1.